The van der Waals surface area contributed by atoms with Crippen LogP contribution in [0.25, 0.3) is 0 Å². The van der Waals surface area contributed by atoms with Crippen LogP contribution >= 0.6 is 15.9 Å². The molecule has 0 aromatic heterocycles. The molecule has 2 nitrogen and oxygen atoms in total. The van der Waals surface area contributed by atoms with Crippen LogP contribution < -0.4 is 4.74 Å². The quantitative estimate of drug-likeness (QED) is 0.770. The summed E-state index contributed by atoms with van der Waals surface area (Å²) in [6, 6.07) is 10.1. The van der Waals surface area contributed by atoms with Crippen molar-refractivity contribution in [3.63, 3.8) is 0 Å². The molecule has 104 valence electrons. The highest BCUT2D eigenvalue weighted by Crippen LogP contribution is 2.22. The molecule has 0 bridgehead atoms. The normalized spacial score (nSPS) is 10.4. The van der Waals surface area contributed by atoms with Gasteiger partial charge in [0.05, 0.1) is 0 Å². The maximum absolute atomic E-state index is 13.6. The lowest BCUT2D eigenvalue weighted by molar-refractivity contribution is 0.0918. The van der Waals surface area contributed by atoms with Crippen LogP contribution in [-0.4, -0.2) is 12.4 Å². The number of hydrogen-bond acceptors (Lipinski definition) is 2. The zero-order valence-corrected chi connectivity index (χ0v) is 12.8. The highest BCUT2D eigenvalue weighted by molar-refractivity contribution is 9.10. The minimum atomic E-state index is -0.492. The largest absolute Gasteiger partial charge is 0.482 e. The van der Waals surface area contributed by atoms with Gasteiger partial charge in [0, 0.05) is 10.0 Å². The first-order valence-corrected chi connectivity index (χ1v) is 6.95. The Morgan fingerprint density at radius 3 is 2.65 bits per heavy atom. The second-order valence-corrected chi connectivity index (χ2v) is 5.52. The van der Waals surface area contributed by atoms with Crippen molar-refractivity contribution < 1.29 is 13.9 Å². The fourth-order valence-electron chi connectivity index (χ4n) is 1.85. The van der Waals surface area contributed by atoms with Crippen LogP contribution in [-0.2, 0) is 0 Å². The molecule has 20 heavy (non-hydrogen) atoms. The van der Waals surface area contributed by atoms with E-state index in [4.69, 9.17) is 4.74 Å². The van der Waals surface area contributed by atoms with Gasteiger partial charge in [-0.05, 0) is 43.7 Å². The molecule has 0 atom stereocenters. The topological polar surface area (TPSA) is 26.3 Å². The summed E-state index contributed by atoms with van der Waals surface area (Å²) in [4.78, 5) is 12.1. The van der Waals surface area contributed by atoms with E-state index in [-0.39, 0.29) is 18.1 Å². The molecule has 0 saturated heterocycles. The molecule has 0 unspecified atom stereocenters. The minimum Gasteiger partial charge on any atom is -0.482 e. The number of ketones is 1. The summed E-state index contributed by atoms with van der Waals surface area (Å²) in [6.07, 6.45) is 0. The van der Waals surface area contributed by atoms with Crippen molar-refractivity contribution in [2.24, 2.45) is 0 Å². The monoisotopic (exact) mass is 336 g/mol. The average molecular weight is 337 g/mol. The molecule has 0 aliphatic rings. The summed E-state index contributed by atoms with van der Waals surface area (Å²) < 4.78 is 19.5. The predicted octanol–water partition coefficient (Wildman–Crippen LogP) is 4.47. The van der Waals surface area contributed by atoms with Crippen LogP contribution in [0.5, 0.6) is 5.75 Å². The van der Waals surface area contributed by atoms with Crippen LogP contribution in [0.2, 0.25) is 0 Å². The molecule has 0 saturated carbocycles. The third kappa shape index (κ3) is 3.45. The van der Waals surface area contributed by atoms with Gasteiger partial charge in [-0.2, -0.15) is 0 Å². The van der Waals surface area contributed by atoms with Gasteiger partial charge in [0.15, 0.2) is 24.0 Å². The molecule has 2 aromatic rings. The molecule has 0 N–H and O–H groups in total. The molecule has 2 rings (SSSR count). The van der Waals surface area contributed by atoms with Gasteiger partial charge in [0.2, 0.25) is 0 Å². The Balaban J connectivity index is 2.10. The van der Waals surface area contributed by atoms with Crippen molar-refractivity contribution >= 4 is 21.7 Å². The summed E-state index contributed by atoms with van der Waals surface area (Å²) >= 11 is 3.17. The standard InChI is InChI=1S/C16H14BrFO2/c1-10-3-4-11(2)13(7-10)15(19)9-20-16-6-5-12(17)8-14(16)18/h3-8H,9H2,1-2H3. The van der Waals surface area contributed by atoms with E-state index in [1.807, 2.05) is 32.0 Å². The van der Waals surface area contributed by atoms with E-state index in [1.165, 1.54) is 12.1 Å². The number of benzene rings is 2. The zero-order valence-electron chi connectivity index (χ0n) is 11.2. The molecule has 0 aliphatic carbocycles. The summed E-state index contributed by atoms with van der Waals surface area (Å²) in [5.41, 5.74) is 2.51. The lowest BCUT2D eigenvalue weighted by Gasteiger charge is -2.09. The van der Waals surface area contributed by atoms with Crippen LogP contribution in [0.3, 0.4) is 0 Å². The Labute approximate surface area is 125 Å². The smallest absolute Gasteiger partial charge is 0.200 e. The van der Waals surface area contributed by atoms with Crippen molar-refractivity contribution in [1.82, 2.24) is 0 Å². The van der Waals surface area contributed by atoms with Crippen LogP contribution in [0.4, 0.5) is 4.39 Å². The van der Waals surface area contributed by atoms with Gasteiger partial charge < -0.3 is 4.74 Å². The van der Waals surface area contributed by atoms with Crippen molar-refractivity contribution in [3.05, 3.63) is 63.4 Å². The van der Waals surface area contributed by atoms with Crippen molar-refractivity contribution in [3.8, 4) is 5.75 Å². The first-order valence-electron chi connectivity index (χ1n) is 6.15. The van der Waals surface area contributed by atoms with Crippen molar-refractivity contribution in [1.29, 1.82) is 0 Å². The predicted molar refractivity (Wildman–Crippen MR) is 79.8 cm³/mol. The molecule has 0 heterocycles. The number of ether oxygens (including phenoxy) is 1. The second kappa shape index (κ2) is 6.18. The molecule has 4 heteroatoms. The first kappa shape index (κ1) is 14.7. The molecule has 2 aromatic carbocycles. The highest BCUT2D eigenvalue weighted by Gasteiger charge is 2.12. The van der Waals surface area contributed by atoms with Crippen LogP contribution in [0, 0.1) is 19.7 Å². The fraction of sp³-hybridized carbons (Fsp3) is 0.188. The van der Waals surface area contributed by atoms with Gasteiger partial charge in [0.25, 0.3) is 0 Å². The van der Waals surface area contributed by atoms with Crippen molar-refractivity contribution in [2.45, 2.75) is 13.8 Å². The van der Waals surface area contributed by atoms with Gasteiger partial charge in [-0.15, -0.1) is 0 Å². The Hall–Kier alpha value is -1.68. The summed E-state index contributed by atoms with van der Waals surface area (Å²) in [5, 5.41) is 0. The summed E-state index contributed by atoms with van der Waals surface area (Å²) in [7, 11) is 0. The molecule has 0 aliphatic heterocycles. The second-order valence-electron chi connectivity index (χ2n) is 4.60. The van der Waals surface area contributed by atoms with Crippen LogP contribution in [0.1, 0.15) is 21.5 Å². The Morgan fingerprint density at radius 1 is 1.20 bits per heavy atom. The Morgan fingerprint density at radius 2 is 1.95 bits per heavy atom. The minimum absolute atomic E-state index is 0.0758. The van der Waals surface area contributed by atoms with Gasteiger partial charge in [-0.1, -0.05) is 33.6 Å². The fourth-order valence-corrected chi connectivity index (χ4v) is 2.18. The zero-order chi connectivity index (χ0) is 14.7. The lowest BCUT2D eigenvalue weighted by atomic mass is 10.0. The summed E-state index contributed by atoms with van der Waals surface area (Å²) in [5.74, 6) is -0.575. The number of Topliss-reactive ketones (excluding diaryl/α,β-unsaturated/α-hetero) is 1. The maximum atomic E-state index is 13.6. The third-order valence-corrected chi connectivity index (χ3v) is 3.44. The van der Waals surface area contributed by atoms with E-state index >= 15 is 0 Å². The number of aryl methyl sites for hydroxylation is 2. The van der Waals surface area contributed by atoms with Gasteiger partial charge in [-0.3, -0.25) is 4.79 Å². The van der Waals surface area contributed by atoms with Crippen LogP contribution in [0.15, 0.2) is 40.9 Å². The third-order valence-electron chi connectivity index (χ3n) is 2.95. The number of hydrogen-bond donors (Lipinski definition) is 0. The molecule has 0 radical (unpaired) electrons. The van der Waals surface area contributed by atoms with E-state index < -0.39 is 5.82 Å². The Kier molecular flexibility index (Phi) is 4.55. The van der Waals surface area contributed by atoms with Gasteiger partial charge in [-0.25, -0.2) is 4.39 Å². The highest BCUT2D eigenvalue weighted by atomic mass is 79.9. The van der Waals surface area contributed by atoms with E-state index in [9.17, 15) is 9.18 Å². The molecule has 0 fully saturated rings. The molecule has 0 spiro atoms. The number of carbonyl (C=O) groups excluding carboxylic acids is 1. The van der Waals surface area contributed by atoms with Crippen molar-refractivity contribution in [2.75, 3.05) is 6.61 Å². The van der Waals surface area contributed by atoms with Gasteiger partial charge >= 0.3 is 0 Å². The lowest BCUT2D eigenvalue weighted by Crippen LogP contribution is -2.13. The van der Waals surface area contributed by atoms with Gasteiger partial charge in [0.1, 0.15) is 0 Å². The molecule has 0 amide bonds. The SMILES string of the molecule is Cc1ccc(C)c(C(=O)COc2ccc(Br)cc2F)c1. The number of carbonyl (C=O) groups is 1. The van der Waals surface area contributed by atoms with E-state index in [2.05, 4.69) is 15.9 Å². The molecular formula is C16H14BrFO2. The maximum Gasteiger partial charge on any atom is 0.200 e. The number of rotatable bonds is 4. The van der Waals surface area contributed by atoms with E-state index in [1.54, 1.807) is 6.07 Å². The average Bonchev–Trinajstić information content (AvgIpc) is 2.40. The first-order chi connectivity index (χ1) is 9.47. The van der Waals surface area contributed by atoms with E-state index in [0.717, 1.165) is 11.1 Å². The number of halogens is 2. The molecular weight excluding hydrogens is 323 g/mol. The Bertz CT molecular complexity index is 653. The van der Waals surface area contributed by atoms with E-state index in [0.29, 0.717) is 10.0 Å². The summed E-state index contributed by atoms with van der Waals surface area (Å²) in [6.45, 7) is 3.61.